The summed E-state index contributed by atoms with van der Waals surface area (Å²) in [7, 11) is 3.91. The van der Waals surface area contributed by atoms with Gasteiger partial charge in [-0.15, -0.1) is 0 Å². The molecule has 1 amide bonds. The number of benzene rings is 2. The average molecular weight is 650 g/mol. The van der Waals surface area contributed by atoms with Crippen molar-refractivity contribution in [1.82, 2.24) is 14.9 Å². The van der Waals surface area contributed by atoms with Gasteiger partial charge in [0.15, 0.2) is 9.84 Å². The largest absolute Gasteiger partial charge is 0.494 e. The van der Waals surface area contributed by atoms with E-state index in [9.17, 15) is 13.2 Å². The third-order valence-electron chi connectivity index (χ3n) is 7.47. The van der Waals surface area contributed by atoms with Gasteiger partial charge in [0, 0.05) is 38.0 Å². The molecule has 12 nitrogen and oxygen atoms in total. The molecular weight excluding hydrogens is 606 g/mol. The van der Waals surface area contributed by atoms with Crippen LogP contribution in [0, 0.1) is 0 Å². The van der Waals surface area contributed by atoms with Gasteiger partial charge in [-0.05, 0) is 64.2 Å². The second-order valence-electron chi connectivity index (χ2n) is 11.3. The van der Waals surface area contributed by atoms with Crippen molar-refractivity contribution in [2.75, 3.05) is 75.4 Å². The molecule has 0 aliphatic carbocycles. The minimum Gasteiger partial charge on any atom is -0.494 e. The predicted octanol–water partition coefficient (Wildman–Crippen LogP) is 5.08. The van der Waals surface area contributed by atoms with Crippen LogP contribution in [0.25, 0.3) is 5.57 Å². The van der Waals surface area contributed by atoms with Crippen LogP contribution in [0.3, 0.4) is 0 Å². The molecule has 0 spiro atoms. The van der Waals surface area contributed by atoms with Crippen LogP contribution >= 0.6 is 0 Å². The molecule has 4 rings (SSSR count). The van der Waals surface area contributed by atoms with Crippen LogP contribution in [0.2, 0.25) is 0 Å². The number of methoxy groups -OCH3 is 1. The van der Waals surface area contributed by atoms with Crippen LogP contribution in [-0.4, -0.2) is 89.0 Å². The smallest absolute Gasteiger partial charge is 0.247 e. The highest BCUT2D eigenvalue weighted by atomic mass is 32.2. The third-order valence-corrected chi connectivity index (χ3v) is 9.68. The first-order valence-corrected chi connectivity index (χ1v) is 16.5. The highest BCUT2D eigenvalue weighted by Gasteiger charge is 2.24. The molecule has 0 radical (unpaired) electrons. The van der Waals surface area contributed by atoms with Crippen LogP contribution in [0.15, 0.2) is 66.2 Å². The summed E-state index contributed by atoms with van der Waals surface area (Å²) in [5.41, 5.74) is 3.94. The Kier molecular flexibility index (Phi) is 11.4. The van der Waals surface area contributed by atoms with Crippen molar-refractivity contribution in [3.63, 3.8) is 0 Å². The lowest BCUT2D eigenvalue weighted by atomic mass is 10.0. The molecule has 3 N–H and O–H groups in total. The van der Waals surface area contributed by atoms with Gasteiger partial charge < -0.3 is 35.2 Å². The minimum absolute atomic E-state index is 0.184. The maximum absolute atomic E-state index is 13.2. The van der Waals surface area contributed by atoms with E-state index in [1.54, 1.807) is 57.5 Å². The zero-order chi connectivity index (χ0) is 33.4. The fourth-order valence-corrected chi connectivity index (χ4v) is 5.97. The lowest BCUT2D eigenvalue weighted by molar-refractivity contribution is -0.111. The number of anilines is 6. The Labute approximate surface area is 271 Å². The Morgan fingerprint density at radius 2 is 1.87 bits per heavy atom. The van der Waals surface area contributed by atoms with E-state index >= 15 is 0 Å². The first-order valence-electron chi connectivity index (χ1n) is 15.0. The summed E-state index contributed by atoms with van der Waals surface area (Å²) in [5, 5.41) is 8.81. The maximum Gasteiger partial charge on any atom is 0.247 e. The van der Waals surface area contributed by atoms with Gasteiger partial charge in [-0.1, -0.05) is 24.8 Å². The van der Waals surface area contributed by atoms with E-state index in [1.165, 1.54) is 6.08 Å². The maximum atomic E-state index is 13.2. The number of aromatic nitrogens is 2. The van der Waals surface area contributed by atoms with Crippen LogP contribution < -0.4 is 25.6 Å². The van der Waals surface area contributed by atoms with Crippen molar-refractivity contribution in [3.8, 4) is 5.75 Å². The average Bonchev–Trinajstić information content (AvgIpc) is 3.04. The molecule has 2 heterocycles. The molecule has 1 aliphatic rings. The molecule has 46 heavy (non-hydrogen) atoms. The Bertz CT molecular complexity index is 1710. The fraction of sp³-hybridized carbons (Fsp3) is 0.364. The van der Waals surface area contributed by atoms with Gasteiger partial charge in [-0.25, -0.2) is 13.4 Å². The molecule has 0 bridgehead atoms. The Morgan fingerprint density at radius 1 is 1.11 bits per heavy atom. The number of amides is 1. The number of hydrogen-bond donors (Lipinski definition) is 3. The molecule has 3 aromatic rings. The molecule has 0 atom stereocenters. The second kappa shape index (κ2) is 15.2. The minimum atomic E-state index is -3.59. The zero-order valence-electron chi connectivity index (χ0n) is 27.3. The SMILES string of the molecule is C=CC(=O)Nc1cc(Nc2ncc(C3=CCOCC3)c(Nc3ccccc3S(=O)(=O)C(C)C)n2)c(OC)cc1N(C)CCN(C)C. The molecule has 0 unspecified atom stereocenters. The van der Waals surface area contributed by atoms with E-state index in [-0.39, 0.29) is 16.8 Å². The number of rotatable bonds is 14. The zero-order valence-corrected chi connectivity index (χ0v) is 28.1. The van der Waals surface area contributed by atoms with Gasteiger partial charge in [0.05, 0.1) is 53.2 Å². The van der Waals surface area contributed by atoms with Crippen LogP contribution in [0.5, 0.6) is 5.75 Å². The van der Waals surface area contributed by atoms with E-state index in [4.69, 9.17) is 14.5 Å². The topological polar surface area (TPSA) is 138 Å². The number of nitrogens with one attached hydrogen (secondary N) is 3. The predicted molar refractivity (Wildman–Crippen MR) is 184 cm³/mol. The molecule has 13 heteroatoms. The normalized spacial score (nSPS) is 13.3. The lowest BCUT2D eigenvalue weighted by Crippen LogP contribution is -2.29. The van der Waals surface area contributed by atoms with E-state index in [1.807, 2.05) is 38.2 Å². The summed E-state index contributed by atoms with van der Waals surface area (Å²) >= 11 is 0. The van der Waals surface area contributed by atoms with Crippen molar-refractivity contribution in [2.24, 2.45) is 0 Å². The van der Waals surface area contributed by atoms with E-state index in [2.05, 4.69) is 32.4 Å². The third kappa shape index (κ3) is 8.22. The van der Waals surface area contributed by atoms with Crippen LogP contribution in [0.1, 0.15) is 25.8 Å². The van der Waals surface area contributed by atoms with E-state index in [0.29, 0.717) is 54.8 Å². The van der Waals surface area contributed by atoms with Crippen molar-refractivity contribution >= 4 is 55.8 Å². The van der Waals surface area contributed by atoms with Crippen molar-refractivity contribution < 1.29 is 22.7 Å². The monoisotopic (exact) mass is 649 g/mol. The lowest BCUT2D eigenvalue weighted by Gasteiger charge is -2.26. The number of carbonyl (C=O) groups is 1. The standard InChI is InChI=1S/C33H43N7O5S/c1-8-31(41)35-26-19-27(29(44-7)20-28(26)40(6)16-15-39(4)5)37-33-34-21-24(23-13-17-45-18-14-23)32(38-33)36-25-11-9-10-12-30(25)46(42,43)22(2)3/h8-13,19-22H,1,14-18H2,2-7H3,(H,35,41)(H2,34,36,37,38). The van der Waals surface area contributed by atoms with Gasteiger partial charge in [0.1, 0.15) is 11.6 Å². The molecule has 1 aliphatic heterocycles. The first kappa shape index (κ1) is 34.4. The van der Waals surface area contributed by atoms with E-state index in [0.717, 1.165) is 23.4 Å². The Balaban J connectivity index is 1.78. The summed E-state index contributed by atoms with van der Waals surface area (Å²) in [6.45, 7) is 9.41. The van der Waals surface area contributed by atoms with Gasteiger partial charge in [0.25, 0.3) is 0 Å². The van der Waals surface area contributed by atoms with E-state index < -0.39 is 15.1 Å². The number of ether oxygens (including phenoxy) is 2. The number of sulfone groups is 1. The number of carbonyl (C=O) groups excluding carboxylic acids is 1. The molecule has 246 valence electrons. The number of para-hydroxylation sites is 1. The molecule has 0 saturated heterocycles. The Hall–Kier alpha value is -4.46. The fourth-order valence-electron chi connectivity index (χ4n) is 4.77. The summed E-state index contributed by atoms with van der Waals surface area (Å²) in [6.07, 6.45) is 5.54. The van der Waals surface area contributed by atoms with Crippen molar-refractivity contribution in [2.45, 2.75) is 30.4 Å². The summed E-state index contributed by atoms with van der Waals surface area (Å²) < 4.78 is 37.7. The first-order chi connectivity index (χ1) is 21.9. The van der Waals surface area contributed by atoms with Crippen LogP contribution in [-0.2, 0) is 19.4 Å². The molecular formula is C33H43N7O5S. The molecule has 0 fully saturated rings. The van der Waals surface area contributed by atoms with Crippen molar-refractivity contribution in [1.29, 1.82) is 0 Å². The molecule has 1 aromatic heterocycles. The molecule has 2 aromatic carbocycles. The highest BCUT2D eigenvalue weighted by molar-refractivity contribution is 7.92. The second-order valence-corrected chi connectivity index (χ2v) is 13.8. The highest BCUT2D eigenvalue weighted by Crippen LogP contribution is 2.39. The summed E-state index contributed by atoms with van der Waals surface area (Å²) in [6, 6.07) is 10.4. The van der Waals surface area contributed by atoms with Gasteiger partial charge >= 0.3 is 0 Å². The van der Waals surface area contributed by atoms with Gasteiger partial charge in [0.2, 0.25) is 11.9 Å². The number of hydrogen-bond acceptors (Lipinski definition) is 11. The van der Waals surface area contributed by atoms with Crippen LogP contribution in [0.4, 0.5) is 34.5 Å². The van der Waals surface area contributed by atoms with Gasteiger partial charge in [-0.3, -0.25) is 4.79 Å². The number of nitrogens with zero attached hydrogens (tertiary/aromatic N) is 4. The summed E-state index contributed by atoms with van der Waals surface area (Å²) in [5.74, 6) is 0.809. The van der Waals surface area contributed by atoms with Crippen molar-refractivity contribution in [3.05, 3.63) is 66.9 Å². The summed E-state index contributed by atoms with van der Waals surface area (Å²) in [4.78, 5) is 26.1. The number of likely N-dealkylation sites (N-methyl/N-ethyl adjacent to an activating group) is 2. The van der Waals surface area contributed by atoms with Gasteiger partial charge in [-0.2, -0.15) is 4.98 Å². The Morgan fingerprint density at radius 3 is 2.52 bits per heavy atom. The molecule has 0 saturated carbocycles. The quantitative estimate of drug-likeness (QED) is 0.202.